The summed E-state index contributed by atoms with van der Waals surface area (Å²) in [4.78, 5) is 0. The third-order valence-electron chi connectivity index (χ3n) is 4.32. The molecule has 1 N–H and O–H groups in total. The molecule has 2 heteroatoms. The lowest BCUT2D eigenvalue weighted by atomic mass is 9.80. The van der Waals surface area contributed by atoms with Crippen molar-refractivity contribution >= 4 is 0 Å². The van der Waals surface area contributed by atoms with Crippen molar-refractivity contribution < 1.29 is 4.74 Å². The Morgan fingerprint density at radius 3 is 2.67 bits per heavy atom. The summed E-state index contributed by atoms with van der Waals surface area (Å²) in [7, 11) is 0. The molecule has 1 aliphatic rings. The molecule has 0 amide bonds. The molecule has 118 valence electrons. The van der Waals surface area contributed by atoms with Gasteiger partial charge in [-0.05, 0) is 61.9 Å². The lowest BCUT2D eigenvalue weighted by Gasteiger charge is -2.26. The Morgan fingerprint density at radius 1 is 1.29 bits per heavy atom. The standard InChI is InChI=1S/C19H31NO/c1-14(2)13-20-10-9-18(3,4)16-7-8-17-15(11-16)12-19(5,6)21-17/h7-8,11,14,20H,9-10,12-13H2,1-6H3. The van der Waals surface area contributed by atoms with Crippen molar-refractivity contribution in [3.05, 3.63) is 29.3 Å². The quantitative estimate of drug-likeness (QED) is 0.788. The molecule has 21 heavy (non-hydrogen) atoms. The number of nitrogens with one attached hydrogen (secondary N) is 1. The van der Waals surface area contributed by atoms with Gasteiger partial charge in [-0.2, -0.15) is 0 Å². The zero-order chi connectivity index (χ0) is 15.7. The van der Waals surface area contributed by atoms with Crippen molar-refractivity contribution in [2.45, 2.75) is 65.4 Å². The predicted octanol–water partition coefficient (Wildman–Crippen LogP) is 4.31. The Bertz CT molecular complexity index is 488. The van der Waals surface area contributed by atoms with Gasteiger partial charge < -0.3 is 10.1 Å². The fourth-order valence-corrected chi connectivity index (χ4v) is 2.97. The summed E-state index contributed by atoms with van der Waals surface area (Å²) >= 11 is 0. The number of benzene rings is 1. The largest absolute Gasteiger partial charge is 0.487 e. The summed E-state index contributed by atoms with van der Waals surface area (Å²) in [5, 5.41) is 3.55. The molecule has 2 rings (SSSR count). The fourth-order valence-electron chi connectivity index (χ4n) is 2.97. The van der Waals surface area contributed by atoms with Gasteiger partial charge in [-0.15, -0.1) is 0 Å². The maximum absolute atomic E-state index is 5.97. The molecule has 0 fully saturated rings. The van der Waals surface area contributed by atoms with Crippen molar-refractivity contribution in [1.82, 2.24) is 5.32 Å². The van der Waals surface area contributed by atoms with Gasteiger partial charge in [0.05, 0.1) is 0 Å². The normalized spacial score (nSPS) is 16.9. The highest BCUT2D eigenvalue weighted by Gasteiger charge is 2.31. The zero-order valence-corrected chi connectivity index (χ0v) is 14.5. The predicted molar refractivity (Wildman–Crippen MR) is 90.2 cm³/mol. The topological polar surface area (TPSA) is 21.3 Å². The third kappa shape index (κ3) is 4.23. The van der Waals surface area contributed by atoms with Crippen LogP contribution in [-0.4, -0.2) is 18.7 Å². The number of fused-ring (bicyclic) bond motifs is 1. The summed E-state index contributed by atoms with van der Waals surface area (Å²) in [6.07, 6.45) is 2.17. The van der Waals surface area contributed by atoms with Gasteiger partial charge in [0, 0.05) is 6.42 Å². The summed E-state index contributed by atoms with van der Waals surface area (Å²) < 4.78 is 5.97. The molecule has 1 heterocycles. The molecule has 0 saturated heterocycles. The molecule has 0 saturated carbocycles. The Kier molecular flexibility index (Phi) is 4.67. The van der Waals surface area contributed by atoms with Gasteiger partial charge in [-0.3, -0.25) is 0 Å². The molecular weight excluding hydrogens is 258 g/mol. The molecule has 0 spiro atoms. The zero-order valence-electron chi connectivity index (χ0n) is 14.5. The highest BCUT2D eigenvalue weighted by Crippen LogP contribution is 2.38. The first kappa shape index (κ1) is 16.4. The molecule has 0 radical (unpaired) electrons. The van der Waals surface area contributed by atoms with Crippen molar-refractivity contribution in [2.75, 3.05) is 13.1 Å². The van der Waals surface area contributed by atoms with E-state index in [1.165, 1.54) is 11.1 Å². The van der Waals surface area contributed by atoms with Gasteiger partial charge in [0.2, 0.25) is 0 Å². The van der Waals surface area contributed by atoms with Gasteiger partial charge in [0.1, 0.15) is 11.4 Å². The van der Waals surface area contributed by atoms with Gasteiger partial charge in [0.15, 0.2) is 0 Å². The maximum Gasteiger partial charge on any atom is 0.123 e. The van der Waals surface area contributed by atoms with E-state index in [0.717, 1.165) is 31.7 Å². The van der Waals surface area contributed by atoms with Gasteiger partial charge in [0.25, 0.3) is 0 Å². The van der Waals surface area contributed by atoms with Crippen molar-refractivity contribution in [3.63, 3.8) is 0 Å². The lowest BCUT2D eigenvalue weighted by molar-refractivity contribution is 0.138. The molecule has 0 aromatic heterocycles. The highest BCUT2D eigenvalue weighted by atomic mass is 16.5. The van der Waals surface area contributed by atoms with E-state index in [-0.39, 0.29) is 11.0 Å². The Hall–Kier alpha value is -1.02. The number of rotatable bonds is 6. The molecule has 0 bridgehead atoms. The van der Waals surface area contributed by atoms with E-state index in [1.54, 1.807) is 0 Å². The van der Waals surface area contributed by atoms with Crippen LogP contribution in [0.2, 0.25) is 0 Å². The summed E-state index contributed by atoms with van der Waals surface area (Å²) in [5.41, 5.74) is 2.94. The van der Waals surface area contributed by atoms with E-state index in [9.17, 15) is 0 Å². The molecule has 1 aromatic carbocycles. The van der Waals surface area contributed by atoms with Gasteiger partial charge in [-0.25, -0.2) is 0 Å². The molecule has 0 aliphatic carbocycles. The van der Waals surface area contributed by atoms with Gasteiger partial charge in [-0.1, -0.05) is 39.8 Å². The first-order chi connectivity index (χ1) is 9.70. The molecule has 1 aromatic rings. The van der Waals surface area contributed by atoms with Crippen LogP contribution in [0.1, 0.15) is 59.1 Å². The maximum atomic E-state index is 5.97. The lowest BCUT2D eigenvalue weighted by Crippen LogP contribution is -2.27. The second-order valence-electron chi connectivity index (χ2n) is 8.09. The average molecular weight is 289 g/mol. The van der Waals surface area contributed by atoms with Crippen LogP contribution >= 0.6 is 0 Å². The van der Waals surface area contributed by atoms with Crippen LogP contribution in [0.4, 0.5) is 0 Å². The Labute approximate surface area is 130 Å². The smallest absolute Gasteiger partial charge is 0.123 e. The fraction of sp³-hybridized carbons (Fsp3) is 0.684. The highest BCUT2D eigenvalue weighted by molar-refractivity contribution is 5.43. The van der Waals surface area contributed by atoms with E-state index >= 15 is 0 Å². The van der Waals surface area contributed by atoms with Crippen LogP contribution in [0.3, 0.4) is 0 Å². The van der Waals surface area contributed by atoms with Crippen LogP contribution in [0.25, 0.3) is 0 Å². The van der Waals surface area contributed by atoms with Gasteiger partial charge >= 0.3 is 0 Å². The van der Waals surface area contributed by atoms with Crippen LogP contribution < -0.4 is 10.1 Å². The minimum absolute atomic E-state index is 0.0517. The second-order valence-corrected chi connectivity index (χ2v) is 8.09. The summed E-state index contributed by atoms with van der Waals surface area (Å²) in [5.74, 6) is 1.78. The minimum Gasteiger partial charge on any atom is -0.487 e. The third-order valence-corrected chi connectivity index (χ3v) is 4.32. The molecule has 0 unspecified atom stereocenters. The van der Waals surface area contributed by atoms with Crippen LogP contribution in [0, 0.1) is 5.92 Å². The minimum atomic E-state index is -0.0517. The molecule has 1 aliphatic heterocycles. The number of hydrogen-bond donors (Lipinski definition) is 1. The van der Waals surface area contributed by atoms with Crippen LogP contribution in [-0.2, 0) is 11.8 Å². The first-order valence-electron chi connectivity index (χ1n) is 8.23. The van der Waals surface area contributed by atoms with E-state index in [1.807, 2.05) is 0 Å². The number of hydrogen-bond acceptors (Lipinski definition) is 2. The Balaban J connectivity index is 2.01. The van der Waals surface area contributed by atoms with E-state index in [2.05, 4.69) is 65.1 Å². The monoisotopic (exact) mass is 289 g/mol. The van der Waals surface area contributed by atoms with Crippen molar-refractivity contribution in [3.8, 4) is 5.75 Å². The average Bonchev–Trinajstić information content (AvgIpc) is 2.67. The second kappa shape index (κ2) is 6.00. The first-order valence-corrected chi connectivity index (χ1v) is 8.23. The van der Waals surface area contributed by atoms with Crippen LogP contribution in [0.15, 0.2) is 18.2 Å². The molecule has 2 nitrogen and oxygen atoms in total. The molecule has 0 atom stereocenters. The van der Waals surface area contributed by atoms with Crippen LogP contribution in [0.5, 0.6) is 5.75 Å². The Morgan fingerprint density at radius 2 is 2.00 bits per heavy atom. The van der Waals surface area contributed by atoms with Crippen molar-refractivity contribution in [2.24, 2.45) is 5.92 Å². The van der Waals surface area contributed by atoms with E-state index in [0.29, 0.717) is 5.92 Å². The summed E-state index contributed by atoms with van der Waals surface area (Å²) in [6.45, 7) is 15.7. The van der Waals surface area contributed by atoms with E-state index < -0.39 is 0 Å². The number of ether oxygens (including phenoxy) is 1. The summed E-state index contributed by atoms with van der Waals surface area (Å²) in [6, 6.07) is 6.75. The van der Waals surface area contributed by atoms with E-state index in [4.69, 9.17) is 4.74 Å². The molecular formula is C19H31NO. The van der Waals surface area contributed by atoms with Crippen molar-refractivity contribution in [1.29, 1.82) is 0 Å². The SMILES string of the molecule is CC(C)CNCCC(C)(C)c1ccc2c(c1)CC(C)(C)O2.